The van der Waals surface area contributed by atoms with Crippen LogP contribution in [0.4, 0.5) is 17.1 Å². The zero-order chi connectivity index (χ0) is 18.8. The van der Waals surface area contributed by atoms with Crippen molar-refractivity contribution in [1.82, 2.24) is 0 Å². The second-order valence-corrected chi connectivity index (χ2v) is 7.28. The van der Waals surface area contributed by atoms with Crippen molar-refractivity contribution in [3.05, 3.63) is 53.6 Å². The number of piperidine rings is 1. The number of nitrogens with zero attached hydrogens (tertiary/aromatic N) is 2. The Balaban J connectivity index is 1.54. The molecule has 0 atom stereocenters. The molecule has 140 valence electrons. The first kappa shape index (κ1) is 17.6. The van der Waals surface area contributed by atoms with Crippen LogP contribution in [0.15, 0.2) is 42.5 Å². The minimum absolute atomic E-state index is 0.0430. The molecule has 5 heteroatoms. The average Bonchev–Trinajstić information content (AvgIpc) is 3.12. The summed E-state index contributed by atoms with van der Waals surface area (Å²) in [4.78, 5) is 28.7. The topological polar surface area (TPSA) is 52.7 Å². The summed E-state index contributed by atoms with van der Waals surface area (Å²) in [5.74, 6) is -0.0649. The smallest absolute Gasteiger partial charge is 0.255 e. The van der Waals surface area contributed by atoms with E-state index in [9.17, 15) is 9.59 Å². The van der Waals surface area contributed by atoms with Crippen LogP contribution in [0.5, 0.6) is 0 Å². The van der Waals surface area contributed by atoms with Crippen molar-refractivity contribution in [1.29, 1.82) is 0 Å². The van der Waals surface area contributed by atoms with Crippen molar-refractivity contribution in [2.24, 2.45) is 0 Å². The average molecular weight is 363 g/mol. The van der Waals surface area contributed by atoms with E-state index in [1.54, 1.807) is 17.9 Å². The van der Waals surface area contributed by atoms with Gasteiger partial charge in [0, 0.05) is 37.8 Å². The van der Waals surface area contributed by atoms with Crippen LogP contribution in [0.25, 0.3) is 0 Å². The first-order valence-electron chi connectivity index (χ1n) is 9.70. The molecule has 1 saturated heterocycles. The number of para-hydroxylation sites is 2. The van der Waals surface area contributed by atoms with Gasteiger partial charge in [-0.2, -0.15) is 0 Å². The lowest BCUT2D eigenvalue weighted by Gasteiger charge is -2.30. The molecule has 2 amide bonds. The Hall–Kier alpha value is -2.82. The van der Waals surface area contributed by atoms with Crippen LogP contribution in [0.1, 0.15) is 42.1 Å². The minimum atomic E-state index is -0.108. The van der Waals surface area contributed by atoms with Gasteiger partial charge in [0.15, 0.2) is 0 Å². The van der Waals surface area contributed by atoms with E-state index in [2.05, 4.69) is 16.3 Å². The number of carbonyl (C=O) groups is 2. The Labute approximate surface area is 160 Å². The van der Waals surface area contributed by atoms with E-state index in [1.807, 2.05) is 30.3 Å². The SMILES string of the molecule is CC(=O)N1CCc2cc(C(=O)Nc3ccccc3N3CCCCC3)ccc21. The summed E-state index contributed by atoms with van der Waals surface area (Å²) in [6.07, 6.45) is 4.46. The molecule has 2 aromatic rings. The number of anilines is 3. The Kier molecular flexibility index (Phi) is 4.84. The predicted octanol–water partition coefficient (Wildman–Crippen LogP) is 3.84. The van der Waals surface area contributed by atoms with Gasteiger partial charge in [0.05, 0.1) is 11.4 Å². The summed E-state index contributed by atoms with van der Waals surface area (Å²) >= 11 is 0. The zero-order valence-electron chi connectivity index (χ0n) is 15.7. The second-order valence-electron chi connectivity index (χ2n) is 7.28. The fraction of sp³-hybridized carbons (Fsp3) is 0.364. The Bertz CT molecular complexity index is 872. The highest BCUT2D eigenvalue weighted by Gasteiger charge is 2.23. The maximum Gasteiger partial charge on any atom is 0.255 e. The van der Waals surface area contributed by atoms with Crippen molar-refractivity contribution in [2.45, 2.75) is 32.6 Å². The van der Waals surface area contributed by atoms with Crippen molar-refractivity contribution >= 4 is 28.9 Å². The molecule has 5 nitrogen and oxygen atoms in total. The maximum absolute atomic E-state index is 12.9. The van der Waals surface area contributed by atoms with E-state index in [0.29, 0.717) is 12.1 Å². The molecule has 2 aliphatic rings. The summed E-state index contributed by atoms with van der Waals surface area (Å²) in [6.45, 7) is 4.33. The van der Waals surface area contributed by atoms with Gasteiger partial charge in [-0.05, 0) is 61.6 Å². The first-order chi connectivity index (χ1) is 13.1. The number of hydrogen-bond acceptors (Lipinski definition) is 3. The van der Waals surface area contributed by atoms with Gasteiger partial charge in [-0.25, -0.2) is 0 Å². The highest BCUT2D eigenvalue weighted by atomic mass is 16.2. The number of benzene rings is 2. The number of rotatable bonds is 3. The van der Waals surface area contributed by atoms with E-state index in [0.717, 1.165) is 42.1 Å². The number of hydrogen-bond donors (Lipinski definition) is 1. The molecule has 2 heterocycles. The van der Waals surface area contributed by atoms with E-state index in [4.69, 9.17) is 0 Å². The van der Waals surface area contributed by atoms with Gasteiger partial charge in [-0.1, -0.05) is 12.1 Å². The fourth-order valence-corrected chi connectivity index (χ4v) is 4.05. The Morgan fingerprint density at radius 1 is 0.926 bits per heavy atom. The molecule has 4 rings (SSSR count). The largest absolute Gasteiger partial charge is 0.370 e. The van der Waals surface area contributed by atoms with Gasteiger partial charge in [0.25, 0.3) is 5.91 Å². The zero-order valence-corrected chi connectivity index (χ0v) is 15.7. The van der Waals surface area contributed by atoms with Crippen LogP contribution in [-0.2, 0) is 11.2 Å². The molecule has 0 aliphatic carbocycles. The number of nitrogens with one attached hydrogen (secondary N) is 1. The van der Waals surface area contributed by atoms with Crippen LogP contribution >= 0.6 is 0 Å². The van der Waals surface area contributed by atoms with Gasteiger partial charge >= 0.3 is 0 Å². The lowest BCUT2D eigenvalue weighted by Crippen LogP contribution is -2.30. The first-order valence-corrected chi connectivity index (χ1v) is 9.70. The van der Waals surface area contributed by atoms with Gasteiger partial charge in [0.1, 0.15) is 0 Å². The summed E-state index contributed by atoms with van der Waals surface area (Å²) in [7, 11) is 0. The fourth-order valence-electron chi connectivity index (χ4n) is 4.05. The summed E-state index contributed by atoms with van der Waals surface area (Å²) in [5.41, 5.74) is 4.56. The Morgan fingerprint density at radius 2 is 1.70 bits per heavy atom. The summed E-state index contributed by atoms with van der Waals surface area (Å²) in [6, 6.07) is 13.6. The molecular weight excluding hydrogens is 338 g/mol. The molecule has 2 aliphatic heterocycles. The van der Waals surface area contributed by atoms with Gasteiger partial charge < -0.3 is 15.1 Å². The molecule has 1 fully saturated rings. The van der Waals surface area contributed by atoms with Gasteiger partial charge in [0.2, 0.25) is 5.91 Å². The standard InChI is InChI=1S/C22H25N3O2/c1-16(26)25-14-11-17-15-18(9-10-20(17)25)22(27)23-19-7-3-4-8-21(19)24-12-5-2-6-13-24/h3-4,7-10,15H,2,5-6,11-14H2,1H3,(H,23,27). The summed E-state index contributed by atoms with van der Waals surface area (Å²) < 4.78 is 0. The highest BCUT2D eigenvalue weighted by molar-refractivity contribution is 6.06. The van der Waals surface area contributed by atoms with E-state index in [-0.39, 0.29) is 11.8 Å². The maximum atomic E-state index is 12.9. The van der Waals surface area contributed by atoms with Crippen molar-refractivity contribution in [3.8, 4) is 0 Å². The molecule has 0 saturated carbocycles. The second kappa shape index (κ2) is 7.43. The van der Waals surface area contributed by atoms with Crippen LogP contribution in [0.3, 0.4) is 0 Å². The highest BCUT2D eigenvalue weighted by Crippen LogP contribution is 2.31. The molecule has 27 heavy (non-hydrogen) atoms. The molecular formula is C22H25N3O2. The van der Waals surface area contributed by atoms with Gasteiger partial charge in [-0.15, -0.1) is 0 Å². The van der Waals surface area contributed by atoms with Crippen LogP contribution in [-0.4, -0.2) is 31.4 Å². The van der Waals surface area contributed by atoms with Crippen LogP contribution in [0.2, 0.25) is 0 Å². The third-order valence-corrected chi connectivity index (χ3v) is 5.47. The minimum Gasteiger partial charge on any atom is -0.370 e. The lowest BCUT2D eigenvalue weighted by molar-refractivity contribution is -0.116. The molecule has 0 bridgehead atoms. The molecule has 2 aromatic carbocycles. The molecule has 0 aromatic heterocycles. The molecule has 0 radical (unpaired) electrons. The quantitative estimate of drug-likeness (QED) is 0.901. The monoisotopic (exact) mass is 363 g/mol. The van der Waals surface area contributed by atoms with E-state index >= 15 is 0 Å². The molecule has 0 unspecified atom stereocenters. The van der Waals surface area contributed by atoms with Crippen molar-refractivity contribution in [3.63, 3.8) is 0 Å². The number of amides is 2. The third kappa shape index (κ3) is 3.54. The third-order valence-electron chi connectivity index (χ3n) is 5.47. The summed E-state index contributed by atoms with van der Waals surface area (Å²) in [5, 5.41) is 3.09. The molecule has 1 N–H and O–H groups in total. The Morgan fingerprint density at radius 3 is 2.48 bits per heavy atom. The van der Waals surface area contributed by atoms with Crippen LogP contribution < -0.4 is 15.1 Å². The number of fused-ring (bicyclic) bond motifs is 1. The lowest BCUT2D eigenvalue weighted by atomic mass is 10.1. The molecule has 0 spiro atoms. The van der Waals surface area contributed by atoms with Crippen molar-refractivity contribution < 1.29 is 9.59 Å². The number of carbonyl (C=O) groups excluding carboxylic acids is 2. The van der Waals surface area contributed by atoms with Gasteiger partial charge in [-0.3, -0.25) is 9.59 Å². The van der Waals surface area contributed by atoms with Crippen molar-refractivity contribution in [2.75, 3.05) is 34.8 Å². The normalized spacial score (nSPS) is 16.2. The van der Waals surface area contributed by atoms with E-state index in [1.165, 1.54) is 19.3 Å². The van der Waals surface area contributed by atoms with Crippen LogP contribution in [0, 0.1) is 0 Å². The van der Waals surface area contributed by atoms with E-state index < -0.39 is 0 Å². The predicted molar refractivity (Wildman–Crippen MR) is 109 cm³/mol.